The summed E-state index contributed by atoms with van der Waals surface area (Å²) in [5, 5.41) is 6.17. The zero-order valence-corrected chi connectivity index (χ0v) is 11.5. The lowest BCUT2D eigenvalue weighted by Gasteiger charge is -2.36. The molecule has 2 aliphatic rings. The zero-order chi connectivity index (χ0) is 12.8. The quantitative estimate of drug-likeness (QED) is 0.709. The van der Waals surface area contributed by atoms with Crippen molar-refractivity contribution < 1.29 is 4.79 Å². The second-order valence-electron chi connectivity index (χ2n) is 5.25. The molecule has 5 nitrogen and oxygen atoms in total. The Kier molecular flexibility index (Phi) is 5.41. The smallest absolute Gasteiger partial charge is 0.237 e. The van der Waals surface area contributed by atoms with E-state index in [1.165, 1.54) is 12.8 Å². The van der Waals surface area contributed by atoms with E-state index >= 15 is 0 Å². The third-order valence-corrected chi connectivity index (χ3v) is 4.08. The summed E-state index contributed by atoms with van der Waals surface area (Å²) in [6, 6.07) is 0.103. The van der Waals surface area contributed by atoms with Gasteiger partial charge in [0, 0.05) is 46.3 Å². The number of nitrogens with one attached hydrogen (secondary N) is 2. The monoisotopic (exact) mass is 254 g/mol. The van der Waals surface area contributed by atoms with Crippen LogP contribution in [0.5, 0.6) is 0 Å². The predicted molar refractivity (Wildman–Crippen MR) is 72.6 cm³/mol. The Labute approximate surface area is 110 Å². The van der Waals surface area contributed by atoms with Gasteiger partial charge in [0.15, 0.2) is 0 Å². The molecule has 104 valence electrons. The van der Waals surface area contributed by atoms with Crippen molar-refractivity contribution >= 4 is 5.91 Å². The van der Waals surface area contributed by atoms with Crippen LogP contribution >= 0.6 is 0 Å². The molecular weight excluding hydrogens is 228 g/mol. The van der Waals surface area contributed by atoms with Gasteiger partial charge >= 0.3 is 0 Å². The maximum atomic E-state index is 11.9. The molecule has 1 amide bonds. The molecule has 2 aliphatic heterocycles. The van der Waals surface area contributed by atoms with Gasteiger partial charge in [-0.15, -0.1) is 0 Å². The van der Waals surface area contributed by atoms with Crippen LogP contribution < -0.4 is 10.6 Å². The van der Waals surface area contributed by atoms with Crippen molar-refractivity contribution in [2.45, 2.75) is 25.3 Å². The molecule has 0 bridgehead atoms. The first-order valence-electron chi connectivity index (χ1n) is 7.20. The summed E-state index contributed by atoms with van der Waals surface area (Å²) in [5.41, 5.74) is 0. The average molecular weight is 254 g/mol. The van der Waals surface area contributed by atoms with E-state index in [9.17, 15) is 4.79 Å². The van der Waals surface area contributed by atoms with Crippen molar-refractivity contribution in [1.29, 1.82) is 0 Å². The normalized spacial score (nSPS) is 27.1. The van der Waals surface area contributed by atoms with Gasteiger partial charge in [0.25, 0.3) is 0 Å². The third kappa shape index (κ3) is 3.67. The number of likely N-dealkylation sites (tertiary alicyclic amines) is 1. The van der Waals surface area contributed by atoms with Crippen LogP contribution in [0.3, 0.4) is 0 Å². The number of amides is 1. The molecule has 18 heavy (non-hydrogen) atoms. The van der Waals surface area contributed by atoms with Crippen molar-refractivity contribution in [1.82, 2.24) is 20.4 Å². The third-order valence-electron chi connectivity index (χ3n) is 4.08. The molecule has 2 N–H and O–H groups in total. The Bertz CT molecular complexity index is 266. The Morgan fingerprint density at radius 1 is 1.22 bits per heavy atom. The molecule has 2 rings (SSSR count). The van der Waals surface area contributed by atoms with Gasteiger partial charge in [-0.3, -0.25) is 14.6 Å². The first-order chi connectivity index (χ1) is 8.81. The van der Waals surface area contributed by atoms with Crippen LogP contribution in [0.15, 0.2) is 0 Å². The lowest BCUT2D eigenvalue weighted by molar-refractivity contribution is -0.127. The first kappa shape index (κ1) is 13.8. The fraction of sp³-hybridized carbons (Fsp3) is 0.923. The Hall–Kier alpha value is -0.650. The highest BCUT2D eigenvalue weighted by molar-refractivity contribution is 5.81. The lowest BCUT2D eigenvalue weighted by atomic mass is 10.0. The highest BCUT2D eigenvalue weighted by Gasteiger charge is 2.27. The topological polar surface area (TPSA) is 47.6 Å². The van der Waals surface area contributed by atoms with Crippen LogP contribution in [-0.4, -0.2) is 74.6 Å². The first-order valence-corrected chi connectivity index (χ1v) is 7.20. The van der Waals surface area contributed by atoms with E-state index in [0.29, 0.717) is 0 Å². The summed E-state index contributed by atoms with van der Waals surface area (Å²) in [6.07, 6.45) is 3.43. The lowest BCUT2D eigenvalue weighted by Crippen LogP contribution is -2.52. The summed E-state index contributed by atoms with van der Waals surface area (Å²) >= 11 is 0. The summed E-state index contributed by atoms with van der Waals surface area (Å²) in [6.45, 7) is 7.66. The van der Waals surface area contributed by atoms with Gasteiger partial charge in [-0.05, 0) is 19.4 Å². The van der Waals surface area contributed by atoms with Crippen molar-refractivity contribution in [2.24, 2.45) is 0 Å². The molecule has 0 spiro atoms. The SMILES string of the molecule is CNC(=O)C1CCCCN1CCN1CCNCC1. The minimum atomic E-state index is 0.103. The van der Waals surface area contributed by atoms with Gasteiger partial charge in [-0.25, -0.2) is 0 Å². The number of nitrogens with zero attached hydrogens (tertiary/aromatic N) is 2. The van der Waals surface area contributed by atoms with Gasteiger partial charge in [-0.1, -0.05) is 6.42 Å². The van der Waals surface area contributed by atoms with E-state index in [-0.39, 0.29) is 11.9 Å². The van der Waals surface area contributed by atoms with Crippen molar-refractivity contribution in [3.05, 3.63) is 0 Å². The largest absolute Gasteiger partial charge is 0.358 e. The number of carbonyl (C=O) groups excluding carboxylic acids is 1. The molecule has 0 radical (unpaired) electrons. The van der Waals surface area contributed by atoms with E-state index < -0.39 is 0 Å². The fourth-order valence-electron chi connectivity index (χ4n) is 2.93. The molecule has 0 aromatic carbocycles. The molecule has 1 atom stereocenters. The molecule has 2 heterocycles. The molecule has 2 fully saturated rings. The summed E-state index contributed by atoms with van der Waals surface area (Å²) in [4.78, 5) is 16.7. The maximum absolute atomic E-state index is 11.9. The fourth-order valence-corrected chi connectivity index (χ4v) is 2.93. The molecule has 2 saturated heterocycles. The van der Waals surface area contributed by atoms with Gasteiger partial charge in [0.2, 0.25) is 5.91 Å². The number of hydrogen-bond donors (Lipinski definition) is 2. The second-order valence-corrected chi connectivity index (χ2v) is 5.25. The molecule has 0 aromatic rings. The second kappa shape index (κ2) is 7.07. The molecule has 1 unspecified atom stereocenters. The van der Waals surface area contributed by atoms with Gasteiger partial charge in [0.1, 0.15) is 0 Å². The minimum Gasteiger partial charge on any atom is -0.358 e. The average Bonchev–Trinajstić information content (AvgIpc) is 2.45. The van der Waals surface area contributed by atoms with Crippen molar-refractivity contribution in [3.8, 4) is 0 Å². The van der Waals surface area contributed by atoms with Crippen molar-refractivity contribution in [2.75, 3.05) is 52.9 Å². The van der Waals surface area contributed by atoms with Crippen LogP contribution in [0.1, 0.15) is 19.3 Å². The molecule has 0 saturated carbocycles. The van der Waals surface area contributed by atoms with E-state index in [2.05, 4.69) is 20.4 Å². The van der Waals surface area contributed by atoms with Gasteiger partial charge < -0.3 is 10.6 Å². The van der Waals surface area contributed by atoms with Crippen LogP contribution in [-0.2, 0) is 4.79 Å². The molecular formula is C13H26N4O. The van der Waals surface area contributed by atoms with Crippen LogP contribution in [0, 0.1) is 0 Å². The number of rotatable bonds is 4. The van der Waals surface area contributed by atoms with Crippen LogP contribution in [0.25, 0.3) is 0 Å². The number of carbonyl (C=O) groups is 1. The zero-order valence-electron chi connectivity index (χ0n) is 11.5. The minimum absolute atomic E-state index is 0.103. The van der Waals surface area contributed by atoms with Crippen LogP contribution in [0.2, 0.25) is 0 Å². The summed E-state index contributed by atoms with van der Waals surface area (Å²) in [7, 11) is 1.74. The van der Waals surface area contributed by atoms with Gasteiger partial charge in [0.05, 0.1) is 6.04 Å². The standard InChI is InChI=1S/C13H26N4O/c1-14-13(18)12-4-2-3-7-17(12)11-10-16-8-5-15-6-9-16/h12,15H,2-11H2,1H3,(H,14,18). The summed E-state index contributed by atoms with van der Waals surface area (Å²) in [5.74, 6) is 0.190. The molecule has 0 aromatic heterocycles. The predicted octanol–water partition coefficient (Wildman–Crippen LogP) is -0.508. The molecule has 0 aliphatic carbocycles. The van der Waals surface area contributed by atoms with Crippen LogP contribution in [0.4, 0.5) is 0 Å². The Morgan fingerprint density at radius 2 is 2.00 bits per heavy atom. The van der Waals surface area contributed by atoms with E-state index in [1.807, 2.05) is 0 Å². The molecule has 5 heteroatoms. The van der Waals surface area contributed by atoms with E-state index in [1.54, 1.807) is 7.05 Å². The Morgan fingerprint density at radius 3 is 2.72 bits per heavy atom. The number of piperidine rings is 1. The maximum Gasteiger partial charge on any atom is 0.237 e. The highest BCUT2D eigenvalue weighted by atomic mass is 16.2. The number of hydrogen-bond acceptors (Lipinski definition) is 4. The van der Waals surface area contributed by atoms with Gasteiger partial charge in [-0.2, -0.15) is 0 Å². The van der Waals surface area contributed by atoms with E-state index in [0.717, 1.165) is 52.2 Å². The van der Waals surface area contributed by atoms with Crippen molar-refractivity contribution in [3.63, 3.8) is 0 Å². The Balaban J connectivity index is 1.79. The van der Waals surface area contributed by atoms with E-state index in [4.69, 9.17) is 0 Å². The summed E-state index contributed by atoms with van der Waals surface area (Å²) < 4.78 is 0. The number of likely N-dealkylation sites (N-methyl/N-ethyl adjacent to an activating group) is 1. The highest BCUT2D eigenvalue weighted by Crippen LogP contribution is 2.16. The number of piperazine rings is 1.